The highest BCUT2D eigenvalue weighted by molar-refractivity contribution is 14.0. The molecule has 2 unspecified atom stereocenters. The first kappa shape index (κ1) is 17.6. The van der Waals surface area contributed by atoms with Crippen molar-refractivity contribution < 1.29 is 0 Å². The van der Waals surface area contributed by atoms with Crippen LogP contribution in [0.15, 0.2) is 29.3 Å². The Morgan fingerprint density at radius 3 is 2.70 bits per heavy atom. The van der Waals surface area contributed by atoms with Crippen LogP contribution in [0.3, 0.4) is 0 Å². The minimum atomic E-state index is 0. The fraction of sp³-hybridized carbons (Fsp3) is 0.533. The molecule has 1 aliphatic carbocycles. The van der Waals surface area contributed by atoms with Crippen molar-refractivity contribution in [2.75, 3.05) is 13.6 Å². The molecule has 2 N–H and O–H groups in total. The first-order chi connectivity index (χ1) is 9.20. The van der Waals surface area contributed by atoms with Gasteiger partial charge in [0.25, 0.3) is 0 Å². The Hall–Kier alpha value is -0.490. The van der Waals surface area contributed by atoms with Crippen molar-refractivity contribution in [3.05, 3.63) is 34.9 Å². The smallest absolute Gasteiger partial charge is 0.191 e. The zero-order valence-electron chi connectivity index (χ0n) is 12.0. The van der Waals surface area contributed by atoms with Gasteiger partial charge in [0.15, 0.2) is 5.96 Å². The second kappa shape index (κ2) is 8.72. The Labute approximate surface area is 143 Å². The summed E-state index contributed by atoms with van der Waals surface area (Å²) in [5.74, 6) is 1.69. The van der Waals surface area contributed by atoms with Crippen LogP contribution in [0.2, 0.25) is 5.02 Å². The fourth-order valence-corrected chi connectivity index (χ4v) is 2.31. The van der Waals surface area contributed by atoms with Gasteiger partial charge in [-0.3, -0.25) is 4.99 Å². The Bertz CT molecular complexity index is 450. The lowest BCUT2D eigenvalue weighted by molar-refractivity contribution is 0.726. The van der Waals surface area contributed by atoms with Gasteiger partial charge in [0.2, 0.25) is 0 Å². The molecular weight excluding hydrogens is 385 g/mol. The average molecular weight is 408 g/mol. The highest BCUT2D eigenvalue weighted by Crippen LogP contribution is 2.28. The Kier molecular flexibility index (Phi) is 7.66. The summed E-state index contributed by atoms with van der Waals surface area (Å²) in [4.78, 5) is 4.23. The molecule has 20 heavy (non-hydrogen) atoms. The lowest BCUT2D eigenvalue weighted by Gasteiger charge is -2.11. The SMILES string of the molecule is CN=C(NCCCc1ccccc1Cl)NC1CC1C.I. The second-order valence-corrected chi connectivity index (χ2v) is 5.56. The number of hydrogen-bond acceptors (Lipinski definition) is 1. The molecule has 0 radical (unpaired) electrons. The molecule has 0 aliphatic heterocycles. The third kappa shape index (κ3) is 5.48. The number of aryl methyl sites for hydroxylation is 1. The van der Waals surface area contributed by atoms with Crippen LogP contribution in [0.25, 0.3) is 0 Å². The van der Waals surface area contributed by atoms with Crippen molar-refractivity contribution in [3.8, 4) is 0 Å². The largest absolute Gasteiger partial charge is 0.356 e. The molecule has 0 amide bonds. The average Bonchev–Trinajstić information content (AvgIpc) is 3.10. The van der Waals surface area contributed by atoms with E-state index in [1.54, 1.807) is 0 Å². The van der Waals surface area contributed by atoms with Crippen LogP contribution in [0.4, 0.5) is 0 Å². The molecule has 0 aromatic heterocycles. The van der Waals surface area contributed by atoms with Crippen LogP contribution in [0.5, 0.6) is 0 Å². The quantitative estimate of drug-likeness (QED) is 0.339. The highest BCUT2D eigenvalue weighted by atomic mass is 127. The highest BCUT2D eigenvalue weighted by Gasteiger charge is 2.33. The summed E-state index contributed by atoms with van der Waals surface area (Å²) in [5.41, 5.74) is 1.21. The number of halogens is 2. The molecule has 2 rings (SSSR count). The maximum atomic E-state index is 6.13. The number of aliphatic imine (C=N–C) groups is 1. The predicted molar refractivity (Wildman–Crippen MR) is 97.3 cm³/mol. The molecule has 5 heteroatoms. The molecule has 1 aromatic rings. The van der Waals surface area contributed by atoms with E-state index in [1.165, 1.54) is 12.0 Å². The molecule has 0 saturated heterocycles. The van der Waals surface area contributed by atoms with Crippen molar-refractivity contribution in [1.82, 2.24) is 10.6 Å². The third-order valence-electron chi connectivity index (χ3n) is 3.53. The van der Waals surface area contributed by atoms with Gasteiger partial charge in [-0.25, -0.2) is 0 Å². The number of nitrogens with zero attached hydrogens (tertiary/aromatic N) is 1. The molecule has 1 saturated carbocycles. The van der Waals surface area contributed by atoms with Crippen molar-refractivity contribution in [3.63, 3.8) is 0 Å². The van der Waals surface area contributed by atoms with Crippen molar-refractivity contribution in [1.29, 1.82) is 0 Å². The van der Waals surface area contributed by atoms with E-state index in [2.05, 4.69) is 28.6 Å². The minimum absolute atomic E-state index is 0. The van der Waals surface area contributed by atoms with Crippen LogP contribution in [0, 0.1) is 5.92 Å². The predicted octanol–water partition coefficient (Wildman–Crippen LogP) is 3.46. The molecular formula is C15H23ClIN3. The van der Waals surface area contributed by atoms with E-state index < -0.39 is 0 Å². The first-order valence-electron chi connectivity index (χ1n) is 6.91. The zero-order chi connectivity index (χ0) is 13.7. The van der Waals surface area contributed by atoms with Gasteiger partial charge in [-0.2, -0.15) is 0 Å². The molecule has 1 aliphatic rings. The Morgan fingerprint density at radius 2 is 2.10 bits per heavy atom. The minimum Gasteiger partial charge on any atom is -0.356 e. The first-order valence-corrected chi connectivity index (χ1v) is 7.29. The third-order valence-corrected chi connectivity index (χ3v) is 3.90. The van der Waals surface area contributed by atoms with E-state index in [9.17, 15) is 0 Å². The number of hydrogen-bond donors (Lipinski definition) is 2. The van der Waals surface area contributed by atoms with Crippen LogP contribution >= 0.6 is 35.6 Å². The van der Waals surface area contributed by atoms with Crippen molar-refractivity contribution in [2.24, 2.45) is 10.9 Å². The molecule has 3 nitrogen and oxygen atoms in total. The maximum absolute atomic E-state index is 6.13. The van der Waals surface area contributed by atoms with Gasteiger partial charge in [-0.05, 0) is 36.8 Å². The lowest BCUT2D eigenvalue weighted by atomic mass is 10.1. The van der Waals surface area contributed by atoms with E-state index in [-0.39, 0.29) is 24.0 Å². The Morgan fingerprint density at radius 1 is 1.40 bits per heavy atom. The summed E-state index contributed by atoms with van der Waals surface area (Å²) in [7, 11) is 1.82. The Balaban J connectivity index is 0.00000200. The van der Waals surface area contributed by atoms with Gasteiger partial charge in [0.05, 0.1) is 0 Å². The van der Waals surface area contributed by atoms with Crippen molar-refractivity contribution in [2.45, 2.75) is 32.2 Å². The van der Waals surface area contributed by atoms with E-state index in [1.807, 2.05) is 25.2 Å². The van der Waals surface area contributed by atoms with E-state index >= 15 is 0 Å². The van der Waals surface area contributed by atoms with Crippen molar-refractivity contribution >= 4 is 41.5 Å². The number of benzene rings is 1. The van der Waals surface area contributed by atoms with Gasteiger partial charge < -0.3 is 10.6 Å². The number of guanidine groups is 1. The standard InChI is InChI=1S/C15H22ClN3.HI/c1-11-10-14(11)19-15(17-2)18-9-5-7-12-6-3-4-8-13(12)16;/h3-4,6,8,11,14H,5,7,9-10H2,1-2H3,(H2,17,18,19);1H. The number of nitrogens with one attached hydrogen (secondary N) is 2. The van der Waals surface area contributed by atoms with Gasteiger partial charge >= 0.3 is 0 Å². The number of rotatable bonds is 5. The molecule has 0 heterocycles. The summed E-state index contributed by atoms with van der Waals surface area (Å²) in [6.07, 6.45) is 3.29. The van der Waals surface area contributed by atoms with E-state index in [0.29, 0.717) is 6.04 Å². The van der Waals surface area contributed by atoms with Gasteiger partial charge in [-0.15, -0.1) is 24.0 Å². The molecule has 112 valence electrons. The molecule has 2 atom stereocenters. The van der Waals surface area contributed by atoms with Crippen LogP contribution in [-0.2, 0) is 6.42 Å². The zero-order valence-corrected chi connectivity index (χ0v) is 15.1. The fourth-order valence-electron chi connectivity index (χ4n) is 2.08. The summed E-state index contributed by atoms with van der Waals surface area (Å²) >= 11 is 6.13. The summed E-state index contributed by atoms with van der Waals surface area (Å²) in [6, 6.07) is 8.63. The summed E-state index contributed by atoms with van der Waals surface area (Å²) in [5, 5.41) is 7.62. The van der Waals surface area contributed by atoms with Crippen LogP contribution in [0.1, 0.15) is 25.3 Å². The van der Waals surface area contributed by atoms with Gasteiger partial charge in [-0.1, -0.05) is 36.7 Å². The molecule has 0 spiro atoms. The topological polar surface area (TPSA) is 36.4 Å². The lowest BCUT2D eigenvalue weighted by Crippen LogP contribution is -2.39. The van der Waals surface area contributed by atoms with Crippen LogP contribution < -0.4 is 10.6 Å². The summed E-state index contributed by atoms with van der Waals surface area (Å²) < 4.78 is 0. The maximum Gasteiger partial charge on any atom is 0.191 e. The molecule has 1 fully saturated rings. The molecule has 1 aromatic carbocycles. The van der Waals surface area contributed by atoms with Crippen LogP contribution in [-0.4, -0.2) is 25.6 Å². The normalized spacial score (nSPS) is 21.1. The van der Waals surface area contributed by atoms with Gasteiger partial charge in [0.1, 0.15) is 0 Å². The van der Waals surface area contributed by atoms with Gasteiger partial charge in [0, 0.05) is 24.7 Å². The summed E-state index contributed by atoms with van der Waals surface area (Å²) in [6.45, 7) is 3.16. The molecule has 0 bridgehead atoms. The van der Waals surface area contributed by atoms with E-state index in [0.717, 1.165) is 36.3 Å². The monoisotopic (exact) mass is 407 g/mol. The second-order valence-electron chi connectivity index (χ2n) is 5.16. The van der Waals surface area contributed by atoms with E-state index in [4.69, 9.17) is 11.6 Å².